The summed E-state index contributed by atoms with van der Waals surface area (Å²) in [4.78, 5) is 17.9. The molecular weight excluding hydrogens is 166 g/mol. The molecule has 0 atom stereocenters. The summed E-state index contributed by atoms with van der Waals surface area (Å²) in [5, 5.41) is 17.9. The Kier molecular flexibility index (Phi) is 27.5. The van der Waals surface area contributed by atoms with Crippen molar-refractivity contribution in [3.05, 3.63) is 0 Å². The molecule has 0 fully saturated rings. The summed E-state index contributed by atoms with van der Waals surface area (Å²) >= 11 is 0. The molecule has 0 aromatic carbocycles. The first-order chi connectivity index (χ1) is 2.64. The third-order valence-electron chi connectivity index (χ3n) is 0.167. The predicted octanol–water partition coefficient (Wildman–Crippen LogP) is -4.18. The van der Waals surface area contributed by atoms with Gasteiger partial charge in [0.25, 0.3) is 0 Å². The molecule has 0 saturated carbocycles. The van der Waals surface area contributed by atoms with Gasteiger partial charge in [0.2, 0.25) is 0 Å². The second kappa shape index (κ2) is 10.5. The van der Waals surface area contributed by atoms with E-state index in [1.807, 2.05) is 0 Å². The fourth-order valence-electron chi connectivity index (χ4n) is 0. The van der Waals surface area contributed by atoms with E-state index in [1.54, 1.807) is 0 Å². The van der Waals surface area contributed by atoms with Gasteiger partial charge in [0.1, 0.15) is 0 Å². The Morgan fingerprint density at radius 2 is 1.11 bits per heavy atom. The number of carboxylic acid groups (broad SMARTS) is 2. The van der Waals surface area contributed by atoms with E-state index >= 15 is 0 Å². The van der Waals surface area contributed by atoms with E-state index in [9.17, 15) is 0 Å². The first-order valence-electron chi connectivity index (χ1n) is 1.07. The zero-order valence-electron chi connectivity index (χ0n) is 4.34. The third kappa shape index (κ3) is 18.4. The number of hydrogen-bond donors (Lipinski definition) is 1. The average Bonchev–Trinajstić information content (AvgIpc) is 1.36. The van der Waals surface area contributed by atoms with Crippen LogP contribution < -0.4 is 16.4 Å². The van der Waals surface area contributed by atoms with Crippen molar-refractivity contribution in [1.29, 1.82) is 0 Å². The standard InChI is InChI=1S/C2H2O4.H3N.H2O.Ti/c3-1(4)2(5)6;;;/h(H,3,4)(H,5,6);1H3;1H2;/q;;;+4/p-2. The van der Waals surface area contributed by atoms with Gasteiger partial charge in [-0.25, -0.2) is 0 Å². The molecule has 50 valence electrons. The smallest absolute Gasteiger partial charge is 0.543 e. The van der Waals surface area contributed by atoms with Gasteiger partial charge in [-0.3, -0.25) is 0 Å². The first kappa shape index (κ1) is 23.5. The Morgan fingerprint density at radius 3 is 1.11 bits per heavy atom. The minimum absolute atomic E-state index is 0. The monoisotopic (exact) mass is 171 g/mol. The Balaban J connectivity index is -0.0000000417. The molecule has 0 saturated heterocycles. The Bertz CT molecular complexity index is 81.0. The van der Waals surface area contributed by atoms with E-state index in [2.05, 4.69) is 0 Å². The van der Waals surface area contributed by atoms with E-state index in [0.29, 0.717) is 0 Å². The third-order valence-corrected chi connectivity index (χ3v) is 0.167. The number of carboxylic acids is 2. The molecule has 0 heterocycles. The van der Waals surface area contributed by atoms with Crippen LogP contribution in [-0.2, 0) is 31.3 Å². The molecule has 0 aliphatic heterocycles. The van der Waals surface area contributed by atoms with E-state index in [4.69, 9.17) is 19.8 Å². The van der Waals surface area contributed by atoms with Gasteiger partial charge in [-0.15, -0.1) is 0 Å². The molecule has 0 bridgehead atoms. The average molecular weight is 171 g/mol. The van der Waals surface area contributed by atoms with Gasteiger partial charge in [0, 0.05) is 0 Å². The van der Waals surface area contributed by atoms with Crippen LogP contribution in [0.2, 0.25) is 0 Å². The van der Waals surface area contributed by atoms with Crippen molar-refractivity contribution in [3.63, 3.8) is 0 Å². The van der Waals surface area contributed by atoms with E-state index < -0.39 is 11.9 Å². The number of carbonyl (C=O) groups is 2. The minimum Gasteiger partial charge on any atom is -0.543 e. The van der Waals surface area contributed by atoms with Crippen molar-refractivity contribution in [3.8, 4) is 0 Å². The maximum atomic E-state index is 8.93. The summed E-state index contributed by atoms with van der Waals surface area (Å²) in [6.45, 7) is 0. The zero-order chi connectivity index (χ0) is 5.15. The maximum absolute atomic E-state index is 8.93. The van der Waals surface area contributed by atoms with Crippen molar-refractivity contribution in [2.45, 2.75) is 0 Å². The van der Waals surface area contributed by atoms with Crippen molar-refractivity contribution in [2.75, 3.05) is 0 Å². The fourth-order valence-corrected chi connectivity index (χ4v) is 0. The molecule has 0 aliphatic carbocycles. The van der Waals surface area contributed by atoms with Crippen LogP contribution in [-0.4, -0.2) is 17.4 Å². The van der Waals surface area contributed by atoms with Crippen molar-refractivity contribution in [1.82, 2.24) is 6.15 Å². The predicted molar refractivity (Wildman–Crippen MR) is 18.6 cm³/mol. The van der Waals surface area contributed by atoms with Crippen LogP contribution >= 0.6 is 0 Å². The fraction of sp³-hybridized carbons (Fsp3) is 0. The van der Waals surface area contributed by atoms with E-state index in [1.165, 1.54) is 0 Å². The van der Waals surface area contributed by atoms with Crippen LogP contribution in [0.3, 0.4) is 0 Å². The number of rotatable bonds is 0. The minimum atomic E-state index is -2.19. The molecule has 0 spiro atoms. The molecule has 7 heteroatoms. The van der Waals surface area contributed by atoms with Crippen LogP contribution in [0.25, 0.3) is 0 Å². The van der Waals surface area contributed by atoms with Crippen LogP contribution in [0.4, 0.5) is 0 Å². The number of hydrogen-bond acceptors (Lipinski definition) is 5. The van der Waals surface area contributed by atoms with Crippen LogP contribution in [0.5, 0.6) is 0 Å². The summed E-state index contributed by atoms with van der Waals surface area (Å²) in [5.41, 5.74) is 0. The molecule has 5 N–H and O–H groups in total. The summed E-state index contributed by atoms with van der Waals surface area (Å²) in [7, 11) is 0. The largest absolute Gasteiger partial charge is 4.00 e. The van der Waals surface area contributed by atoms with E-state index in [0.717, 1.165) is 0 Å². The number of carbonyl (C=O) groups excluding carboxylic acids is 2. The van der Waals surface area contributed by atoms with Gasteiger partial charge >= 0.3 is 21.7 Å². The Hall–Kier alpha value is -0.426. The summed E-state index contributed by atoms with van der Waals surface area (Å²) < 4.78 is 0. The van der Waals surface area contributed by atoms with Crippen LogP contribution in [0.15, 0.2) is 0 Å². The summed E-state index contributed by atoms with van der Waals surface area (Å²) in [5.74, 6) is -4.37. The SMILES string of the molecule is N.O.O=C([O-])C(=O)[O-].[Ti+4]. The molecule has 6 nitrogen and oxygen atoms in total. The van der Waals surface area contributed by atoms with Gasteiger partial charge in [-0.2, -0.15) is 0 Å². The zero-order valence-corrected chi connectivity index (χ0v) is 5.90. The van der Waals surface area contributed by atoms with Crippen molar-refractivity contribution < 1.29 is 47.0 Å². The second-order valence-corrected chi connectivity index (χ2v) is 0.575. The molecule has 0 rings (SSSR count). The first-order valence-corrected chi connectivity index (χ1v) is 1.07. The second-order valence-electron chi connectivity index (χ2n) is 0.575. The Morgan fingerprint density at radius 1 is 1.00 bits per heavy atom. The van der Waals surface area contributed by atoms with Crippen LogP contribution in [0, 0.1) is 0 Å². The number of aliphatic carboxylic acids is 2. The van der Waals surface area contributed by atoms with Gasteiger partial charge in [0.05, 0.1) is 11.9 Å². The maximum Gasteiger partial charge on any atom is 4.00 e. The van der Waals surface area contributed by atoms with Crippen molar-refractivity contribution in [2.24, 2.45) is 0 Å². The molecule has 0 unspecified atom stereocenters. The van der Waals surface area contributed by atoms with Gasteiger partial charge in [-0.05, 0) is 0 Å². The van der Waals surface area contributed by atoms with Gasteiger partial charge in [0.15, 0.2) is 0 Å². The molecule has 0 radical (unpaired) electrons. The normalized spacial score (nSPS) is 4.89. The molecule has 9 heavy (non-hydrogen) atoms. The Labute approximate surface area is 65.6 Å². The molecule has 0 aromatic heterocycles. The summed E-state index contributed by atoms with van der Waals surface area (Å²) in [6, 6.07) is 0. The quantitative estimate of drug-likeness (QED) is 0.290. The summed E-state index contributed by atoms with van der Waals surface area (Å²) in [6.07, 6.45) is 0. The molecule has 0 aliphatic rings. The van der Waals surface area contributed by atoms with Gasteiger partial charge in [-0.1, -0.05) is 0 Å². The van der Waals surface area contributed by atoms with E-state index in [-0.39, 0.29) is 33.3 Å². The molecular formula is C2H5NO5Ti+2. The van der Waals surface area contributed by atoms with Gasteiger partial charge < -0.3 is 31.4 Å². The molecule has 0 aromatic rings. The molecule has 0 amide bonds. The van der Waals surface area contributed by atoms with Crippen molar-refractivity contribution >= 4 is 11.9 Å². The topological polar surface area (TPSA) is 147 Å². The van der Waals surface area contributed by atoms with Crippen LogP contribution in [0.1, 0.15) is 0 Å².